The minimum Gasteiger partial charge on any atom is -0.481 e. The highest BCUT2D eigenvalue weighted by Crippen LogP contribution is 2.30. The SMILES string of the molecule is CC(N)C(Oc1ccc(F)cc1F)c1ccccc1Br. The first-order valence-corrected chi connectivity index (χ1v) is 6.90. The van der Waals surface area contributed by atoms with Crippen LogP contribution in [0.15, 0.2) is 46.9 Å². The largest absolute Gasteiger partial charge is 0.481 e. The zero-order chi connectivity index (χ0) is 14.7. The van der Waals surface area contributed by atoms with E-state index < -0.39 is 17.7 Å². The fraction of sp³-hybridized carbons (Fsp3) is 0.200. The number of hydrogen-bond acceptors (Lipinski definition) is 2. The Kier molecular flexibility index (Phi) is 4.73. The molecule has 2 aromatic carbocycles. The topological polar surface area (TPSA) is 35.2 Å². The summed E-state index contributed by atoms with van der Waals surface area (Å²) in [6.07, 6.45) is -0.537. The van der Waals surface area contributed by atoms with Crippen molar-refractivity contribution in [2.45, 2.75) is 19.1 Å². The number of nitrogens with two attached hydrogens (primary N) is 1. The molecule has 5 heteroatoms. The predicted octanol–water partition coefficient (Wildman–Crippen LogP) is 4.19. The lowest BCUT2D eigenvalue weighted by Gasteiger charge is -2.24. The van der Waals surface area contributed by atoms with E-state index >= 15 is 0 Å². The highest BCUT2D eigenvalue weighted by atomic mass is 79.9. The van der Waals surface area contributed by atoms with Crippen molar-refractivity contribution in [3.63, 3.8) is 0 Å². The zero-order valence-corrected chi connectivity index (χ0v) is 12.4. The number of rotatable bonds is 4. The van der Waals surface area contributed by atoms with Gasteiger partial charge in [0.25, 0.3) is 0 Å². The zero-order valence-electron chi connectivity index (χ0n) is 10.8. The molecule has 20 heavy (non-hydrogen) atoms. The Morgan fingerprint density at radius 3 is 2.45 bits per heavy atom. The van der Waals surface area contributed by atoms with Gasteiger partial charge in [-0.25, -0.2) is 8.78 Å². The summed E-state index contributed by atoms with van der Waals surface area (Å²) in [5.74, 6) is -1.42. The van der Waals surface area contributed by atoms with Crippen LogP contribution in [0.25, 0.3) is 0 Å². The molecular weight excluding hydrogens is 328 g/mol. The quantitative estimate of drug-likeness (QED) is 0.904. The van der Waals surface area contributed by atoms with Crippen LogP contribution in [0.3, 0.4) is 0 Å². The fourth-order valence-electron chi connectivity index (χ4n) is 1.87. The van der Waals surface area contributed by atoms with Crippen molar-refractivity contribution in [2.24, 2.45) is 5.73 Å². The van der Waals surface area contributed by atoms with Gasteiger partial charge in [-0.05, 0) is 25.1 Å². The van der Waals surface area contributed by atoms with E-state index in [1.54, 1.807) is 6.92 Å². The second-order valence-electron chi connectivity index (χ2n) is 4.49. The van der Waals surface area contributed by atoms with E-state index in [9.17, 15) is 8.78 Å². The van der Waals surface area contributed by atoms with E-state index in [1.165, 1.54) is 6.07 Å². The van der Waals surface area contributed by atoms with Gasteiger partial charge in [-0.3, -0.25) is 0 Å². The fourth-order valence-corrected chi connectivity index (χ4v) is 2.38. The third kappa shape index (κ3) is 3.35. The molecule has 2 aromatic rings. The molecule has 2 atom stereocenters. The first-order chi connectivity index (χ1) is 9.49. The van der Waals surface area contributed by atoms with Crippen molar-refractivity contribution in [1.82, 2.24) is 0 Å². The maximum absolute atomic E-state index is 13.7. The van der Waals surface area contributed by atoms with Gasteiger partial charge >= 0.3 is 0 Å². The molecule has 0 aromatic heterocycles. The number of benzene rings is 2. The molecule has 0 aliphatic heterocycles. The van der Waals surface area contributed by atoms with E-state index in [4.69, 9.17) is 10.5 Å². The maximum atomic E-state index is 13.7. The minimum atomic E-state index is -0.747. The Bertz CT molecular complexity index is 604. The Hall–Kier alpha value is -1.46. The van der Waals surface area contributed by atoms with Crippen molar-refractivity contribution in [3.05, 3.63) is 64.1 Å². The summed E-state index contributed by atoms with van der Waals surface area (Å²) >= 11 is 3.42. The number of ether oxygens (including phenoxy) is 1. The molecule has 0 heterocycles. The molecule has 2 nitrogen and oxygen atoms in total. The van der Waals surface area contributed by atoms with Crippen LogP contribution in [-0.2, 0) is 0 Å². The molecular formula is C15H14BrF2NO. The van der Waals surface area contributed by atoms with Gasteiger partial charge in [0.2, 0.25) is 0 Å². The third-order valence-corrected chi connectivity index (χ3v) is 3.56. The monoisotopic (exact) mass is 341 g/mol. The average molecular weight is 342 g/mol. The van der Waals surface area contributed by atoms with Gasteiger partial charge in [-0.2, -0.15) is 0 Å². The van der Waals surface area contributed by atoms with Crippen molar-refractivity contribution < 1.29 is 13.5 Å². The third-order valence-electron chi connectivity index (χ3n) is 2.84. The summed E-state index contributed by atoms with van der Waals surface area (Å²) in [4.78, 5) is 0. The lowest BCUT2D eigenvalue weighted by atomic mass is 10.0. The lowest BCUT2D eigenvalue weighted by Crippen LogP contribution is -2.29. The maximum Gasteiger partial charge on any atom is 0.168 e. The van der Waals surface area contributed by atoms with Crippen LogP contribution < -0.4 is 10.5 Å². The van der Waals surface area contributed by atoms with Gasteiger partial charge in [0.05, 0.1) is 0 Å². The molecule has 2 unspecified atom stereocenters. The summed E-state index contributed by atoms with van der Waals surface area (Å²) < 4.78 is 33.0. The Morgan fingerprint density at radius 2 is 1.85 bits per heavy atom. The van der Waals surface area contributed by atoms with Gasteiger partial charge in [0.1, 0.15) is 11.9 Å². The van der Waals surface area contributed by atoms with Crippen LogP contribution in [0.4, 0.5) is 8.78 Å². The van der Waals surface area contributed by atoms with Crippen LogP contribution in [0.2, 0.25) is 0 Å². The molecule has 2 rings (SSSR count). The second kappa shape index (κ2) is 6.33. The van der Waals surface area contributed by atoms with Crippen LogP contribution in [0.1, 0.15) is 18.6 Å². The van der Waals surface area contributed by atoms with E-state index in [0.29, 0.717) is 0 Å². The highest BCUT2D eigenvalue weighted by molar-refractivity contribution is 9.10. The van der Waals surface area contributed by atoms with E-state index in [0.717, 1.165) is 22.2 Å². The van der Waals surface area contributed by atoms with Crippen molar-refractivity contribution in [2.75, 3.05) is 0 Å². The summed E-state index contributed by atoms with van der Waals surface area (Å²) in [5, 5.41) is 0. The molecule has 0 saturated carbocycles. The van der Waals surface area contributed by atoms with Gasteiger partial charge < -0.3 is 10.5 Å². The standard InChI is InChI=1S/C15H14BrF2NO/c1-9(19)15(11-4-2-3-5-12(11)16)20-14-7-6-10(17)8-13(14)18/h2-9,15H,19H2,1H3. The van der Waals surface area contributed by atoms with Crippen molar-refractivity contribution in [3.8, 4) is 5.75 Å². The Labute approximate surface area is 124 Å². The van der Waals surface area contributed by atoms with E-state index in [-0.39, 0.29) is 11.8 Å². The Morgan fingerprint density at radius 1 is 1.15 bits per heavy atom. The summed E-state index contributed by atoms with van der Waals surface area (Å²) in [6.45, 7) is 1.77. The second-order valence-corrected chi connectivity index (χ2v) is 5.35. The molecule has 0 aliphatic carbocycles. The summed E-state index contributed by atoms with van der Waals surface area (Å²) in [7, 11) is 0. The smallest absolute Gasteiger partial charge is 0.168 e. The van der Waals surface area contributed by atoms with Crippen LogP contribution in [0.5, 0.6) is 5.75 Å². The summed E-state index contributed by atoms with van der Waals surface area (Å²) in [5.41, 5.74) is 6.73. The highest BCUT2D eigenvalue weighted by Gasteiger charge is 2.22. The summed E-state index contributed by atoms with van der Waals surface area (Å²) in [6, 6.07) is 10.2. The van der Waals surface area contributed by atoms with Gasteiger partial charge in [0, 0.05) is 22.1 Å². The van der Waals surface area contributed by atoms with Crippen molar-refractivity contribution in [1.29, 1.82) is 0 Å². The van der Waals surface area contributed by atoms with Gasteiger partial charge in [0.15, 0.2) is 11.6 Å². The first kappa shape index (κ1) is 14.9. The van der Waals surface area contributed by atoms with Crippen LogP contribution in [0, 0.1) is 11.6 Å². The number of halogens is 3. The van der Waals surface area contributed by atoms with Crippen LogP contribution >= 0.6 is 15.9 Å². The van der Waals surface area contributed by atoms with Gasteiger partial charge in [-0.1, -0.05) is 34.1 Å². The molecule has 0 radical (unpaired) electrons. The predicted molar refractivity (Wildman–Crippen MR) is 77.5 cm³/mol. The lowest BCUT2D eigenvalue weighted by molar-refractivity contribution is 0.171. The normalized spacial score (nSPS) is 13.8. The van der Waals surface area contributed by atoms with E-state index in [1.807, 2.05) is 24.3 Å². The molecule has 0 spiro atoms. The molecule has 0 fully saturated rings. The molecule has 0 amide bonds. The molecule has 2 N–H and O–H groups in total. The van der Waals surface area contributed by atoms with Crippen LogP contribution in [-0.4, -0.2) is 6.04 Å². The minimum absolute atomic E-state index is 0.0237. The number of hydrogen-bond donors (Lipinski definition) is 1. The Balaban J connectivity index is 2.33. The first-order valence-electron chi connectivity index (χ1n) is 6.10. The molecule has 0 aliphatic rings. The molecule has 0 bridgehead atoms. The molecule has 0 saturated heterocycles. The van der Waals surface area contributed by atoms with Gasteiger partial charge in [-0.15, -0.1) is 0 Å². The molecule has 106 valence electrons. The average Bonchev–Trinajstić information content (AvgIpc) is 2.39. The van der Waals surface area contributed by atoms with Crippen molar-refractivity contribution >= 4 is 15.9 Å². The van der Waals surface area contributed by atoms with E-state index in [2.05, 4.69) is 15.9 Å².